The molecule has 0 saturated carbocycles. The highest BCUT2D eigenvalue weighted by atomic mass is 35.5. The van der Waals surface area contributed by atoms with E-state index in [0.29, 0.717) is 10.0 Å². The van der Waals surface area contributed by atoms with Crippen LogP contribution in [0.25, 0.3) is 38.6 Å². The highest BCUT2D eigenvalue weighted by Crippen LogP contribution is 2.37. The van der Waals surface area contributed by atoms with Crippen molar-refractivity contribution in [2.24, 2.45) is 0 Å². The van der Waals surface area contributed by atoms with Crippen LogP contribution in [0, 0.1) is 0 Å². The minimum Gasteiger partial charge on any atom is -0.309 e. The van der Waals surface area contributed by atoms with Gasteiger partial charge in [0.05, 0.1) is 21.3 Å². The maximum absolute atomic E-state index is 6.31. The van der Waals surface area contributed by atoms with Gasteiger partial charge in [-0.05, 0) is 47.2 Å². The Bertz CT molecular complexity index is 1290. The highest BCUT2D eigenvalue weighted by Gasteiger charge is 2.15. The molecule has 5 aromatic rings. The summed E-state index contributed by atoms with van der Waals surface area (Å²) in [5.74, 6) is 0. The normalized spacial score (nSPS) is 11.3. The first-order valence-corrected chi connectivity index (χ1v) is 9.52. The quantitative estimate of drug-likeness (QED) is 0.291. The number of nitrogens with zero attached hydrogens (tertiary/aromatic N) is 1. The molecule has 1 aromatic heterocycles. The molecular weight excluding hydrogens is 373 g/mol. The van der Waals surface area contributed by atoms with Crippen molar-refractivity contribution in [3.05, 3.63) is 101 Å². The monoisotopic (exact) mass is 387 g/mol. The molecule has 0 N–H and O–H groups in total. The first-order chi connectivity index (χ1) is 13.2. The van der Waals surface area contributed by atoms with E-state index < -0.39 is 0 Å². The number of para-hydroxylation sites is 1. The molecule has 4 aromatic carbocycles. The summed E-state index contributed by atoms with van der Waals surface area (Å²) in [5.41, 5.74) is 4.41. The second kappa shape index (κ2) is 6.45. The maximum Gasteiger partial charge on any atom is 0.0599 e. The zero-order chi connectivity index (χ0) is 18.4. The van der Waals surface area contributed by atoms with Crippen molar-refractivity contribution >= 4 is 44.9 Å². The van der Waals surface area contributed by atoms with Gasteiger partial charge >= 0.3 is 0 Å². The standard InChI is InChI=1S/C24H15Cl2N/c25-21-12-10-17(14-22(21)26)24-15-20-19-9-5-4-6-16(19)11-13-23(20)27(24)18-7-2-1-3-8-18/h1-15H. The molecule has 130 valence electrons. The predicted molar refractivity (Wildman–Crippen MR) is 116 cm³/mol. The lowest BCUT2D eigenvalue weighted by atomic mass is 10.1. The summed E-state index contributed by atoms with van der Waals surface area (Å²) in [6.45, 7) is 0. The summed E-state index contributed by atoms with van der Waals surface area (Å²) >= 11 is 12.5. The maximum atomic E-state index is 6.31. The molecule has 0 aliphatic carbocycles. The zero-order valence-electron chi connectivity index (χ0n) is 14.4. The van der Waals surface area contributed by atoms with Crippen molar-refractivity contribution in [2.75, 3.05) is 0 Å². The van der Waals surface area contributed by atoms with Crippen molar-refractivity contribution in [1.29, 1.82) is 0 Å². The molecule has 1 nitrogen and oxygen atoms in total. The van der Waals surface area contributed by atoms with Crippen molar-refractivity contribution < 1.29 is 0 Å². The number of aromatic nitrogens is 1. The Morgan fingerprint density at radius 2 is 1.37 bits per heavy atom. The number of halogens is 2. The van der Waals surface area contributed by atoms with Gasteiger partial charge in [-0.3, -0.25) is 0 Å². The first kappa shape index (κ1) is 16.4. The predicted octanol–water partition coefficient (Wildman–Crippen LogP) is 7.76. The Morgan fingerprint density at radius 3 is 2.19 bits per heavy atom. The van der Waals surface area contributed by atoms with E-state index in [1.807, 2.05) is 24.3 Å². The van der Waals surface area contributed by atoms with Gasteiger partial charge in [-0.1, -0.05) is 77.8 Å². The Hall–Kier alpha value is -2.74. The molecule has 0 spiro atoms. The lowest BCUT2D eigenvalue weighted by molar-refractivity contribution is 1.13. The van der Waals surface area contributed by atoms with E-state index >= 15 is 0 Å². The Kier molecular flexibility index (Phi) is 3.93. The smallest absolute Gasteiger partial charge is 0.0599 e. The van der Waals surface area contributed by atoms with Gasteiger partial charge in [0.25, 0.3) is 0 Å². The average Bonchev–Trinajstić information content (AvgIpc) is 3.11. The molecule has 0 aliphatic heterocycles. The topological polar surface area (TPSA) is 4.93 Å². The highest BCUT2D eigenvalue weighted by molar-refractivity contribution is 6.42. The third kappa shape index (κ3) is 2.71. The van der Waals surface area contributed by atoms with Crippen molar-refractivity contribution in [3.8, 4) is 16.9 Å². The molecule has 0 saturated heterocycles. The Morgan fingerprint density at radius 1 is 0.593 bits per heavy atom. The van der Waals surface area contributed by atoms with Gasteiger partial charge in [-0.15, -0.1) is 0 Å². The molecule has 0 amide bonds. The van der Waals surface area contributed by atoms with Gasteiger partial charge in [0.1, 0.15) is 0 Å². The van der Waals surface area contributed by atoms with E-state index in [-0.39, 0.29) is 0 Å². The van der Waals surface area contributed by atoms with E-state index in [0.717, 1.165) is 16.9 Å². The molecule has 0 unspecified atom stereocenters. The molecule has 0 atom stereocenters. The van der Waals surface area contributed by atoms with Crippen LogP contribution in [0.4, 0.5) is 0 Å². The fraction of sp³-hybridized carbons (Fsp3) is 0. The van der Waals surface area contributed by atoms with Crippen molar-refractivity contribution in [3.63, 3.8) is 0 Å². The zero-order valence-corrected chi connectivity index (χ0v) is 15.9. The number of rotatable bonds is 2. The van der Waals surface area contributed by atoms with Crippen LogP contribution in [0.3, 0.4) is 0 Å². The second-order valence-corrected chi connectivity index (χ2v) is 7.36. The first-order valence-electron chi connectivity index (χ1n) is 8.76. The third-order valence-electron chi connectivity index (χ3n) is 4.94. The Balaban J connectivity index is 1.91. The molecular formula is C24H15Cl2N. The lowest BCUT2D eigenvalue weighted by Crippen LogP contribution is -1.96. The Labute approximate surface area is 167 Å². The largest absolute Gasteiger partial charge is 0.309 e. The van der Waals surface area contributed by atoms with Gasteiger partial charge < -0.3 is 4.57 Å². The van der Waals surface area contributed by atoms with Crippen LogP contribution >= 0.6 is 23.2 Å². The fourth-order valence-corrected chi connectivity index (χ4v) is 3.98. The number of hydrogen-bond donors (Lipinski definition) is 0. The van der Waals surface area contributed by atoms with E-state index in [4.69, 9.17) is 23.2 Å². The van der Waals surface area contributed by atoms with Crippen LogP contribution in [-0.4, -0.2) is 4.57 Å². The van der Waals surface area contributed by atoms with E-state index in [1.165, 1.54) is 21.7 Å². The van der Waals surface area contributed by atoms with Gasteiger partial charge in [-0.25, -0.2) is 0 Å². The van der Waals surface area contributed by atoms with Crippen molar-refractivity contribution in [1.82, 2.24) is 4.57 Å². The summed E-state index contributed by atoms with van der Waals surface area (Å²) in [4.78, 5) is 0. The van der Waals surface area contributed by atoms with Gasteiger partial charge in [0.15, 0.2) is 0 Å². The van der Waals surface area contributed by atoms with Crippen LogP contribution < -0.4 is 0 Å². The molecule has 5 rings (SSSR count). The molecule has 3 heteroatoms. The minimum absolute atomic E-state index is 0.559. The number of hydrogen-bond acceptors (Lipinski definition) is 0. The molecule has 0 aliphatic rings. The second-order valence-electron chi connectivity index (χ2n) is 6.55. The minimum atomic E-state index is 0.559. The van der Waals surface area contributed by atoms with Crippen LogP contribution in [0.1, 0.15) is 0 Å². The van der Waals surface area contributed by atoms with E-state index in [9.17, 15) is 0 Å². The molecule has 0 fully saturated rings. The lowest BCUT2D eigenvalue weighted by Gasteiger charge is -2.12. The fourth-order valence-electron chi connectivity index (χ4n) is 3.68. The van der Waals surface area contributed by atoms with Crippen LogP contribution in [0.5, 0.6) is 0 Å². The third-order valence-corrected chi connectivity index (χ3v) is 5.68. The van der Waals surface area contributed by atoms with E-state index in [1.54, 1.807) is 0 Å². The van der Waals surface area contributed by atoms with Crippen LogP contribution in [-0.2, 0) is 0 Å². The van der Waals surface area contributed by atoms with Crippen LogP contribution in [0.2, 0.25) is 10.0 Å². The summed E-state index contributed by atoms with van der Waals surface area (Å²) in [5, 5.41) is 4.82. The van der Waals surface area contributed by atoms with Crippen molar-refractivity contribution in [2.45, 2.75) is 0 Å². The van der Waals surface area contributed by atoms with Gasteiger partial charge in [0.2, 0.25) is 0 Å². The average molecular weight is 388 g/mol. The summed E-state index contributed by atoms with van der Waals surface area (Å²) < 4.78 is 2.28. The molecule has 0 bridgehead atoms. The molecule has 27 heavy (non-hydrogen) atoms. The summed E-state index contributed by atoms with van der Waals surface area (Å²) in [6.07, 6.45) is 0. The van der Waals surface area contributed by atoms with Crippen LogP contribution in [0.15, 0.2) is 91.0 Å². The summed E-state index contributed by atoms with van der Waals surface area (Å²) in [6, 6.07) is 31.3. The number of fused-ring (bicyclic) bond motifs is 3. The van der Waals surface area contributed by atoms with Gasteiger partial charge in [0, 0.05) is 16.6 Å². The van der Waals surface area contributed by atoms with Gasteiger partial charge in [-0.2, -0.15) is 0 Å². The molecule has 0 radical (unpaired) electrons. The number of benzene rings is 4. The molecule has 1 heterocycles. The van der Waals surface area contributed by atoms with E-state index in [2.05, 4.69) is 71.3 Å². The SMILES string of the molecule is Clc1ccc(-c2cc3c4ccccc4ccc3n2-c2ccccc2)cc1Cl. The summed E-state index contributed by atoms with van der Waals surface area (Å²) in [7, 11) is 0.